The molecule has 8 aliphatic rings. The standard InChI is InChI=1S/C31H52N6O3SSi.C25H38N6O2S.C23H36N4O4SSi/c1-35-16-13-24(14-17-35)22-36(2)15-8-19-41(38,39)31-33-30(34-37(31)23-40-18-20-42(3,4)5)32-29-27-11-6-9-25(27)21-26-10-7-12-28(26)29;1-30-13-10-18(11-14-30)17-31(2)12-5-15-34(32,33)25-27-24(28-29-25)26-23-21-8-3-6-19(21)16-20-7-4-9-22(20)23;1-33(2,3)14-12-31-16-27-23(32(29,30)13-6-11-28)25-22(26-27)24-21-19-9-4-7-17(19)15-18-8-5-10-20(18)21/h21,24H,6-20,22-23H2,1-5H3,(H,32,34);16,18H,3-15,17H2,1-2H3,(H2,26,27,28,29);15,28H,4-14,16H2,1-3H3,(H,24,26). The molecule has 5 N–H and O–H groups in total. The van der Waals surface area contributed by atoms with Gasteiger partial charge >= 0.3 is 0 Å². The van der Waals surface area contributed by atoms with E-state index in [0.29, 0.717) is 55.7 Å². The fourth-order valence-electron chi connectivity index (χ4n) is 17.3. The second kappa shape index (κ2) is 36.7. The number of fused-ring (bicyclic) bond motifs is 6. The number of aliphatic hydroxyl groups excluding tert-OH is 1. The van der Waals surface area contributed by atoms with Crippen LogP contribution < -0.4 is 16.0 Å². The van der Waals surface area contributed by atoms with Gasteiger partial charge in [-0.3, -0.25) is 0 Å². The lowest BCUT2D eigenvalue weighted by atomic mass is 9.97. The van der Waals surface area contributed by atoms with Gasteiger partial charge in [0.25, 0.3) is 0 Å². The minimum Gasteiger partial charge on any atom is -0.396 e. The number of ether oxygens (including phenoxy) is 2. The number of likely N-dealkylation sites (tertiary alicyclic amines) is 2. The highest BCUT2D eigenvalue weighted by molar-refractivity contribution is 7.91. The van der Waals surface area contributed by atoms with Gasteiger partial charge in [-0.2, -0.15) is 15.0 Å². The molecule has 2 fully saturated rings. The smallest absolute Gasteiger partial charge is 0.249 e. The Morgan fingerprint density at radius 2 is 0.807 bits per heavy atom. The maximum atomic E-state index is 13.7. The summed E-state index contributed by atoms with van der Waals surface area (Å²) in [6.45, 7) is 23.0. The predicted octanol–water partition coefficient (Wildman–Crippen LogP) is 11.2. The average Bonchev–Trinajstić information content (AvgIpc) is 1.61. The number of hydrogen-bond donors (Lipinski definition) is 5. The van der Waals surface area contributed by atoms with Gasteiger partial charge in [-0.25, -0.2) is 39.7 Å². The van der Waals surface area contributed by atoms with Crippen LogP contribution in [0.25, 0.3) is 0 Å². The number of aryl methyl sites for hydroxylation is 6. The molecule has 0 radical (unpaired) electrons. The van der Waals surface area contributed by atoms with Crippen LogP contribution in [0.4, 0.5) is 34.9 Å². The van der Waals surface area contributed by atoms with Crippen LogP contribution in [0.1, 0.15) is 150 Å². The normalized spacial score (nSPS) is 17.7. The predicted molar refractivity (Wildman–Crippen MR) is 438 cm³/mol. The van der Waals surface area contributed by atoms with Crippen molar-refractivity contribution in [3.63, 3.8) is 0 Å². The summed E-state index contributed by atoms with van der Waals surface area (Å²) in [5.74, 6) is 2.36. The molecule has 6 aliphatic carbocycles. The van der Waals surface area contributed by atoms with Crippen molar-refractivity contribution in [2.45, 2.75) is 241 Å². The number of aromatic nitrogens is 9. The SMILES string of the molecule is CN1CCC(CN(C)CCCS(=O)(=O)c2nc(Nc3c4c(cc5c3CCC5)CCC4)n[nH]2)CC1.CN1CCC(CN(C)CCCS(=O)(=O)c2nc(Nc3c4c(cc5c3CCC5)CCC4)nn2COCC[Si](C)(C)C)CC1.C[Si](C)(C)CCOCn1nc(Nc2c3c(cc4c2CCC4)CCC3)nc1S(=O)(=O)CCCO. The summed E-state index contributed by atoms with van der Waals surface area (Å²) in [4.78, 5) is 22.7. The van der Waals surface area contributed by atoms with E-state index in [9.17, 15) is 25.3 Å². The van der Waals surface area contributed by atoms with Crippen molar-refractivity contribution in [3.05, 3.63) is 85.0 Å². The Bertz CT molecular complexity index is 4350. The number of hydrogen-bond acceptors (Lipinski definition) is 22. The molecule has 25 nitrogen and oxygen atoms in total. The summed E-state index contributed by atoms with van der Waals surface area (Å²) in [6.07, 6.45) is 26.0. The summed E-state index contributed by atoms with van der Waals surface area (Å²) in [7, 11) is -4.79. The second-order valence-corrected chi connectivity index (χ2v) is 52.2. The fraction of sp³-hybridized carbons (Fsp3) is 0.696. The van der Waals surface area contributed by atoms with E-state index in [1.807, 2.05) is 0 Å². The van der Waals surface area contributed by atoms with Crippen LogP contribution in [0.2, 0.25) is 51.4 Å². The number of aromatic amines is 1. The van der Waals surface area contributed by atoms with Crippen LogP contribution in [-0.2, 0) is 129 Å². The Hall–Kier alpha value is -5.52. The number of nitrogens with zero attached hydrogens (tertiary/aromatic N) is 12. The number of nitrogens with one attached hydrogen (secondary N) is 4. The molecule has 2 saturated heterocycles. The van der Waals surface area contributed by atoms with Crippen molar-refractivity contribution in [1.82, 2.24) is 64.3 Å². The number of sulfone groups is 3. The molecular weight excluding hydrogens is 1470 g/mol. The zero-order valence-electron chi connectivity index (χ0n) is 67.1. The van der Waals surface area contributed by atoms with Crippen LogP contribution in [0.15, 0.2) is 33.7 Å². The Balaban J connectivity index is 0.000000154. The molecule has 109 heavy (non-hydrogen) atoms. The topological polar surface area (TPSA) is 293 Å². The van der Waals surface area contributed by atoms with E-state index in [-0.39, 0.29) is 59.2 Å². The summed E-state index contributed by atoms with van der Waals surface area (Å²) in [5, 5.41) is 35.4. The third kappa shape index (κ3) is 22.1. The van der Waals surface area contributed by atoms with Gasteiger partial charge in [0.1, 0.15) is 13.5 Å². The van der Waals surface area contributed by atoms with Gasteiger partial charge in [-0.05, 0) is 319 Å². The van der Waals surface area contributed by atoms with Gasteiger partial charge in [-0.15, -0.1) is 15.3 Å². The number of benzene rings is 3. The van der Waals surface area contributed by atoms with Crippen LogP contribution >= 0.6 is 0 Å². The van der Waals surface area contributed by atoms with Gasteiger partial charge in [0, 0.05) is 66.1 Å². The third-order valence-electron chi connectivity index (χ3n) is 23.4. The average molecular weight is 1600 g/mol. The molecule has 0 saturated carbocycles. The molecule has 0 amide bonds. The molecule has 14 rings (SSSR count). The number of aliphatic hydroxyl groups is 1. The first kappa shape index (κ1) is 82.9. The highest BCUT2D eigenvalue weighted by Gasteiger charge is 2.33. The second-order valence-electron chi connectivity index (χ2n) is 34.9. The van der Waals surface area contributed by atoms with Gasteiger partial charge < -0.3 is 50.1 Å². The molecule has 0 bridgehead atoms. The van der Waals surface area contributed by atoms with Crippen LogP contribution in [0.3, 0.4) is 0 Å². The zero-order valence-corrected chi connectivity index (χ0v) is 71.5. The maximum absolute atomic E-state index is 13.7. The molecule has 0 unspecified atom stereocenters. The quantitative estimate of drug-likeness (QED) is 0.0185. The Labute approximate surface area is 651 Å². The lowest BCUT2D eigenvalue weighted by Gasteiger charge is -2.31. The van der Waals surface area contributed by atoms with Crippen molar-refractivity contribution >= 4 is 80.6 Å². The highest BCUT2D eigenvalue weighted by atomic mass is 32.2. The van der Waals surface area contributed by atoms with Gasteiger partial charge in [0.05, 0.1) is 17.3 Å². The Morgan fingerprint density at radius 3 is 1.15 bits per heavy atom. The first-order valence-corrected chi connectivity index (χ1v) is 53.2. The molecule has 6 aromatic rings. The molecule has 602 valence electrons. The van der Waals surface area contributed by atoms with E-state index in [1.165, 1.54) is 115 Å². The number of H-pyrrole nitrogens is 1. The van der Waals surface area contributed by atoms with E-state index >= 15 is 0 Å². The van der Waals surface area contributed by atoms with Gasteiger partial charge in [0.15, 0.2) is 0 Å². The lowest BCUT2D eigenvalue weighted by molar-refractivity contribution is 0.0715. The van der Waals surface area contributed by atoms with Gasteiger partial charge in [-0.1, -0.05) is 57.5 Å². The van der Waals surface area contributed by atoms with E-state index in [4.69, 9.17) is 14.6 Å². The van der Waals surface area contributed by atoms with Crippen molar-refractivity contribution < 1.29 is 39.8 Å². The minimum absolute atomic E-state index is 0.0141. The molecule has 2 aliphatic heterocycles. The van der Waals surface area contributed by atoms with Crippen molar-refractivity contribution in [2.24, 2.45) is 11.8 Å². The molecule has 30 heteroatoms. The third-order valence-corrected chi connectivity index (χ3v) is 31.8. The largest absolute Gasteiger partial charge is 0.396 e. The molecule has 3 aromatic carbocycles. The monoisotopic (exact) mass is 1590 g/mol. The first-order chi connectivity index (χ1) is 52.0. The summed E-state index contributed by atoms with van der Waals surface area (Å²) >= 11 is 0. The summed E-state index contributed by atoms with van der Waals surface area (Å²) < 4.78 is 93.6. The molecule has 3 aromatic heterocycles. The summed E-state index contributed by atoms with van der Waals surface area (Å²) in [5.41, 5.74) is 19.9. The molecular formula is C79H126N16O9S3Si2. The first-order valence-electron chi connectivity index (χ1n) is 40.9. The van der Waals surface area contributed by atoms with Crippen LogP contribution in [-0.4, -0.2) is 228 Å². The fourth-order valence-corrected chi connectivity index (χ4v) is 22.6. The van der Waals surface area contributed by atoms with E-state index in [2.05, 4.69) is 157 Å². The van der Waals surface area contributed by atoms with Crippen molar-refractivity contribution in [3.8, 4) is 0 Å². The Morgan fingerprint density at radius 1 is 0.477 bits per heavy atom. The zero-order chi connectivity index (χ0) is 77.3. The van der Waals surface area contributed by atoms with E-state index in [1.54, 1.807) is 0 Å². The van der Waals surface area contributed by atoms with Gasteiger partial charge in [0.2, 0.25) is 62.8 Å². The number of rotatable bonds is 34. The number of anilines is 6. The minimum atomic E-state index is -3.70. The lowest BCUT2D eigenvalue weighted by Crippen LogP contribution is -2.36. The van der Waals surface area contributed by atoms with E-state index < -0.39 is 45.7 Å². The molecule has 5 heterocycles. The molecule has 0 spiro atoms. The maximum Gasteiger partial charge on any atom is 0.249 e. The van der Waals surface area contributed by atoms with Crippen LogP contribution in [0, 0.1) is 11.8 Å². The summed E-state index contributed by atoms with van der Waals surface area (Å²) in [6, 6.07) is 9.14. The van der Waals surface area contributed by atoms with Crippen molar-refractivity contribution in [2.75, 3.05) is 134 Å². The van der Waals surface area contributed by atoms with Crippen molar-refractivity contribution in [1.29, 1.82) is 0 Å². The van der Waals surface area contributed by atoms with E-state index in [0.717, 1.165) is 184 Å². The number of piperidine rings is 2. The van der Waals surface area contributed by atoms with Crippen LogP contribution in [0.5, 0.6) is 0 Å². The highest BCUT2D eigenvalue weighted by Crippen LogP contribution is 2.43. The molecule has 0 atom stereocenters. The Kier molecular flexibility index (Phi) is 28.0.